The molecular weight excluding hydrogens is 372 g/mol. The second-order valence-electron chi connectivity index (χ2n) is 5.90. The van der Waals surface area contributed by atoms with Gasteiger partial charge in [-0.05, 0) is 35.8 Å². The Morgan fingerprint density at radius 2 is 2.21 bits per heavy atom. The van der Waals surface area contributed by atoms with Gasteiger partial charge in [0.25, 0.3) is 5.78 Å². The summed E-state index contributed by atoms with van der Waals surface area (Å²) in [5, 5.41) is 4.33. The van der Waals surface area contributed by atoms with E-state index in [4.69, 9.17) is 4.74 Å². The van der Waals surface area contributed by atoms with Crippen molar-refractivity contribution in [2.24, 2.45) is 0 Å². The van der Waals surface area contributed by atoms with Gasteiger partial charge in [0.15, 0.2) is 0 Å². The first-order valence-corrected chi connectivity index (χ1v) is 8.61. The van der Waals surface area contributed by atoms with E-state index in [0.717, 1.165) is 46.8 Å². The summed E-state index contributed by atoms with van der Waals surface area (Å²) < 4.78 is 8.82. The van der Waals surface area contributed by atoms with Crippen LogP contribution in [0.1, 0.15) is 17.7 Å². The molecule has 0 bridgehead atoms. The lowest BCUT2D eigenvalue weighted by Crippen LogP contribution is -2.27. The summed E-state index contributed by atoms with van der Waals surface area (Å²) in [6, 6.07) is 1.88. The molecule has 0 radical (unpaired) electrons. The monoisotopic (exact) mass is 388 g/mol. The zero-order valence-electron chi connectivity index (χ0n) is 13.5. The Labute approximate surface area is 147 Å². The molecule has 124 valence electrons. The van der Waals surface area contributed by atoms with Gasteiger partial charge < -0.3 is 9.64 Å². The fraction of sp³-hybridized carbons (Fsp3) is 0.375. The fourth-order valence-electron chi connectivity index (χ4n) is 3.04. The minimum absolute atomic E-state index is 0.121. The van der Waals surface area contributed by atoms with Crippen LogP contribution in [0.3, 0.4) is 0 Å². The third-order valence-electron chi connectivity index (χ3n) is 4.35. The molecule has 0 aromatic carbocycles. The lowest BCUT2D eigenvalue weighted by atomic mass is 10.2. The standard InChI is InChI=1S/C16H17BrN6O/c1-10-11(2)21-16-19-9-20-23(16)15(10)22-6-4-12(8-22)24-14-3-5-18-7-13(14)17/h3,5,7,9,12H,4,6,8H2,1-2H3. The second kappa shape index (κ2) is 6.01. The van der Waals surface area contributed by atoms with Gasteiger partial charge in [0.2, 0.25) is 0 Å². The van der Waals surface area contributed by atoms with Gasteiger partial charge in [0.05, 0.1) is 11.0 Å². The molecular formula is C16H17BrN6O. The molecule has 8 heteroatoms. The minimum atomic E-state index is 0.121. The van der Waals surface area contributed by atoms with Crippen LogP contribution in [0.25, 0.3) is 5.78 Å². The summed E-state index contributed by atoms with van der Waals surface area (Å²) in [5.74, 6) is 2.51. The van der Waals surface area contributed by atoms with Crippen LogP contribution in [0.15, 0.2) is 29.3 Å². The van der Waals surface area contributed by atoms with Crippen LogP contribution in [0.5, 0.6) is 5.75 Å². The molecule has 1 saturated heterocycles. The van der Waals surface area contributed by atoms with Gasteiger partial charge in [0.1, 0.15) is 24.0 Å². The van der Waals surface area contributed by atoms with Crippen molar-refractivity contribution in [1.82, 2.24) is 24.6 Å². The number of aryl methyl sites for hydroxylation is 1. The van der Waals surface area contributed by atoms with Gasteiger partial charge in [-0.25, -0.2) is 4.98 Å². The average Bonchev–Trinajstić information content (AvgIpc) is 3.20. The fourth-order valence-corrected chi connectivity index (χ4v) is 3.38. The Balaban J connectivity index is 1.60. The molecule has 4 heterocycles. The van der Waals surface area contributed by atoms with E-state index in [0.29, 0.717) is 5.78 Å². The maximum absolute atomic E-state index is 6.13. The van der Waals surface area contributed by atoms with Crippen LogP contribution < -0.4 is 9.64 Å². The maximum atomic E-state index is 6.13. The summed E-state index contributed by atoms with van der Waals surface area (Å²) in [6.07, 6.45) is 6.10. The van der Waals surface area contributed by atoms with Crippen LogP contribution in [0.4, 0.5) is 5.82 Å². The zero-order valence-corrected chi connectivity index (χ0v) is 15.1. The number of fused-ring (bicyclic) bond motifs is 1. The van der Waals surface area contributed by atoms with Crippen LogP contribution in [-0.4, -0.2) is 43.8 Å². The molecule has 3 aromatic rings. The molecule has 4 rings (SSSR count). The predicted molar refractivity (Wildman–Crippen MR) is 93.4 cm³/mol. The first-order chi connectivity index (χ1) is 11.6. The number of pyridine rings is 1. The molecule has 1 aliphatic rings. The smallest absolute Gasteiger partial charge is 0.254 e. The van der Waals surface area contributed by atoms with E-state index in [9.17, 15) is 0 Å². The molecule has 0 amide bonds. The number of nitrogens with zero attached hydrogens (tertiary/aromatic N) is 6. The number of anilines is 1. The number of hydrogen-bond donors (Lipinski definition) is 0. The van der Waals surface area contributed by atoms with Crippen LogP contribution in [0, 0.1) is 13.8 Å². The van der Waals surface area contributed by atoms with E-state index in [1.54, 1.807) is 18.7 Å². The zero-order chi connectivity index (χ0) is 16.7. The Morgan fingerprint density at radius 1 is 1.33 bits per heavy atom. The van der Waals surface area contributed by atoms with Crippen LogP contribution >= 0.6 is 15.9 Å². The van der Waals surface area contributed by atoms with E-state index in [2.05, 4.69) is 47.8 Å². The molecule has 0 N–H and O–H groups in total. The number of aromatic nitrogens is 5. The van der Waals surface area contributed by atoms with Crippen LogP contribution in [-0.2, 0) is 0 Å². The Morgan fingerprint density at radius 3 is 3.04 bits per heavy atom. The number of halogens is 1. The third-order valence-corrected chi connectivity index (χ3v) is 4.95. The summed E-state index contributed by atoms with van der Waals surface area (Å²) in [7, 11) is 0. The molecule has 0 saturated carbocycles. The highest BCUT2D eigenvalue weighted by atomic mass is 79.9. The van der Waals surface area contributed by atoms with E-state index >= 15 is 0 Å². The normalized spacial score (nSPS) is 17.6. The van der Waals surface area contributed by atoms with E-state index < -0.39 is 0 Å². The minimum Gasteiger partial charge on any atom is -0.487 e. The first-order valence-electron chi connectivity index (χ1n) is 7.81. The van der Waals surface area contributed by atoms with E-state index in [1.165, 1.54) is 0 Å². The van der Waals surface area contributed by atoms with E-state index in [1.807, 2.05) is 17.5 Å². The third kappa shape index (κ3) is 2.60. The second-order valence-corrected chi connectivity index (χ2v) is 6.75. The molecule has 24 heavy (non-hydrogen) atoms. The van der Waals surface area contributed by atoms with Crippen molar-refractivity contribution < 1.29 is 4.74 Å². The van der Waals surface area contributed by atoms with Crippen molar-refractivity contribution in [3.05, 3.63) is 40.5 Å². The number of rotatable bonds is 3. The summed E-state index contributed by atoms with van der Waals surface area (Å²) in [6.45, 7) is 5.79. The summed E-state index contributed by atoms with van der Waals surface area (Å²) in [5.41, 5.74) is 2.10. The maximum Gasteiger partial charge on any atom is 0.254 e. The molecule has 3 aromatic heterocycles. The van der Waals surface area contributed by atoms with Crippen molar-refractivity contribution in [2.75, 3.05) is 18.0 Å². The molecule has 1 aliphatic heterocycles. The van der Waals surface area contributed by atoms with Crippen molar-refractivity contribution >= 4 is 27.5 Å². The average molecular weight is 389 g/mol. The Bertz CT molecular complexity index is 895. The molecule has 0 aliphatic carbocycles. The highest BCUT2D eigenvalue weighted by Crippen LogP contribution is 2.29. The van der Waals surface area contributed by atoms with Crippen molar-refractivity contribution in [3.8, 4) is 5.75 Å². The van der Waals surface area contributed by atoms with Crippen LogP contribution in [0.2, 0.25) is 0 Å². The highest BCUT2D eigenvalue weighted by Gasteiger charge is 2.28. The molecule has 1 atom stereocenters. The van der Waals surface area contributed by atoms with E-state index in [-0.39, 0.29) is 6.10 Å². The van der Waals surface area contributed by atoms with Gasteiger partial charge in [-0.15, -0.1) is 0 Å². The van der Waals surface area contributed by atoms with Gasteiger partial charge in [0, 0.05) is 36.6 Å². The summed E-state index contributed by atoms with van der Waals surface area (Å²) in [4.78, 5) is 15.1. The Kier molecular flexibility index (Phi) is 3.84. The predicted octanol–water partition coefficient (Wildman–Crippen LogP) is 2.56. The molecule has 7 nitrogen and oxygen atoms in total. The largest absolute Gasteiger partial charge is 0.487 e. The quantitative estimate of drug-likeness (QED) is 0.686. The Hall–Kier alpha value is -2.22. The molecule has 1 unspecified atom stereocenters. The first kappa shape index (κ1) is 15.3. The SMILES string of the molecule is Cc1nc2ncnn2c(N2CCC(Oc3ccncc3Br)C2)c1C. The lowest BCUT2D eigenvalue weighted by Gasteiger charge is -2.22. The van der Waals surface area contributed by atoms with Gasteiger partial charge in [-0.2, -0.15) is 14.6 Å². The molecule has 1 fully saturated rings. The topological polar surface area (TPSA) is 68.4 Å². The van der Waals surface area contributed by atoms with Gasteiger partial charge in [-0.1, -0.05) is 0 Å². The number of hydrogen-bond acceptors (Lipinski definition) is 6. The van der Waals surface area contributed by atoms with Crippen molar-refractivity contribution in [1.29, 1.82) is 0 Å². The van der Waals surface area contributed by atoms with Gasteiger partial charge >= 0.3 is 0 Å². The lowest BCUT2D eigenvalue weighted by molar-refractivity contribution is 0.223. The molecule has 0 spiro atoms. The van der Waals surface area contributed by atoms with Crippen molar-refractivity contribution in [3.63, 3.8) is 0 Å². The summed E-state index contributed by atoms with van der Waals surface area (Å²) >= 11 is 3.48. The highest BCUT2D eigenvalue weighted by molar-refractivity contribution is 9.10. The van der Waals surface area contributed by atoms with Crippen molar-refractivity contribution in [2.45, 2.75) is 26.4 Å². The van der Waals surface area contributed by atoms with Gasteiger partial charge in [-0.3, -0.25) is 4.98 Å². The number of ether oxygens (including phenoxy) is 1.